The number of sulfonamides is 1. The van der Waals surface area contributed by atoms with Crippen molar-refractivity contribution < 1.29 is 13.2 Å². The van der Waals surface area contributed by atoms with Gasteiger partial charge in [-0.05, 0) is 42.8 Å². The van der Waals surface area contributed by atoms with Gasteiger partial charge in [0.25, 0.3) is 10.0 Å². The Morgan fingerprint density at radius 1 is 1.13 bits per heavy atom. The molecule has 23 heavy (non-hydrogen) atoms. The zero-order chi connectivity index (χ0) is 16.6. The van der Waals surface area contributed by atoms with Crippen molar-refractivity contribution in [3.63, 3.8) is 0 Å². The van der Waals surface area contributed by atoms with Crippen molar-refractivity contribution >= 4 is 32.4 Å². The van der Waals surface area contributed by atoms with Gasteiger partial charge >= 0.3 is 0 Å². The molecular weight excluding hydrogens is 312 g/mol. The first-order valence-electron chi connectivity index (χ1n) is 7.76. The molecule has 0 bridgehead atoms. The molecule has 1 aliphatic heterocycles. The van der Waals surface area contributed by atoms with Gasteiger partial charge in [-0.15, -0.1) is 0 Å². The third kappa shape index (κ3) is 2.67. The Balaban J connectivity index is 1.87. The van der Waals surface area contributed by atoms with Crippen molar-refractivity contribution in [2.75, 3.05) is 10.8 Å². The molecule has 0 unspecified atom stereocenters. The lowest BCUT2D eigenvalue weighted by Gasteiger charge is -2.18. The summed E-state index contributed by atoms with van der Waals surface area (Å²) in [6.07, 6.45) is 2.53. The van der Waals surface area contributed by atoms with E-state index in [0.717, 1.165) is 28.4 Å². The van der Waals surface area contributed by atoms with Gasteiger partial charge in [-0.1, -0.05) is 24.6 Å². The van der Waals surface area contributed by atoms with E-state index in [-0.39, 0.29) is 5.91 Å². The number of unbranched alkanes of at least 4 members (excludes halogenated alkanes) is 2. The Labute approximate surface area is 136 Å². The van der Waals surface area contributed by atoms with E-state index >= 15 is 0 Å². The minimum absolute atomic E-state index is 0.313. The largest absolute Gasteiger partial charge is 0.370 e. The summed E-state index contributed by atoms with van der Waals surface area (Å²) in [4.78, 5) is 11.1. The van der Waals surface area contributed by atoms with E-state index in [2.05, 4.69) is 0 Å². The maximum atomic E-state index is 12.8. The molecule has 0 fully saturated rings. The van der Waals surface area contributed by atoms with Gasteiger partial charge in [-0.2, -0.15) is 0 Å². The summed E-state index contributed by atoms with van der Waals surface area (Å²) in [5.41, 5.74) is 6.95. The number of rotatable bonds is 6. The number of benzene rings is 2. The normalized spacial score (nSPS) is 15.3. The van der Waals surface area contributed by atoms with Crippen LogP contribution in [0.25, 0.3) is 10.8 Å². The van der Waals surface area contributed by atoms with E-state index in [9.17, 15) is 13.2 Å². The van der Waals surface area contributed by atoms with Crippen LogP contribution in [0, 0.1) is 6.92 Å². The van der Waals surface area contributed by atoms with Crippen LogP contribution in [0.3, 0.4) is 0 Å². The monoisotopic (exact) mass is 332 g/mol. The first kappa shape index (κ1) is 15.8. The van der Waals surface area contributed by atoms with Crippen LogP contribution in [-0.2, 0) is 14.8 Å². The quantitative estimate of drug-likeness (QED) is 0.826. The summed E-state index contributed by atoms with van der Waals surface area (Å²) in [7, 11) is -3.48. The highest BCUT2D eigenvalue weighted by molar-refractivity contribution is 7.93. The fraction of sp³-hybridized carbons (Fsp3) is 0.353. The SMILES string of the molecule is Cc1ccc2c3c(cccc13)S(=O)(=O)N2CCCCCC(N)=O. The standard InChI is InChI=1S/C17H20N2O3S/c1-12-9-10-14-17-13(12)6-5-7-15(17)23(21,22)19(14)11-4-2-3-8-16(18)20/h5-7,9-10H,2-4,8,11H2,1H3,(H2,18,20). The van der Waals surface area contributed by atoms with Crippen LogP contribution < -0.4 is 10.0 Å². The molecule has 122 valence electrons. The summed E-state index contributed by atoms with van der Waals surface area (Å²) in [5, 5.41) is 1.81. The molecule has 6 heteroatoms. The molecule has 0 saturated carbocycles. The van der Waals surface area contributed by atoms with Crippen molar-refractivity contribution in [3.8, 4) is 0 Å². The van der Waals surface area contributed by atoms with Crippen LogP contribution in [0.5, 0.6) is 0 Å². The van der Waals surface area contributed by atoms with E-state index in [4.69, 9.17) is 5.73 Å². The van der Waals surface area contributed by atoms with Crippen LogP contribution in [0.2, 0.25) is 0 Å². The number of anilines is 1. The lowest BCUT2D eigenvalue weighted by molar-refractivity contribution is -0.118. The second kappa shape index (κ2) is 5.85. The van der Waals surface area contributed by atoms with Crippen molar-refractivity contribution in [2.24, 2.45) is 5.73 Å². The van der Waals surface area contributed by atoms with Crippen molar-refractivity contribution in [2.45, 2.75) is 37.5 Å². The van der Waals surface area contributed by atoms with Gasteiger partial charge in [0, 0.05) is 18.4 Å². The first-order chi connectivity index (χ1) is 10.9. The van der Waals surface area contributed by atoms with Gasteiger partial charge in [-0.3, -0.25) is 9.10 Å². The number of aryl methyl sites for hydroxylation is 1. The fourth-order valence-electron chi connectivity index (χ4n) is 3.14. The highest BCUT2D eigenvalue weighted by atomic mass is 32.2. The van der Waals surface area contributed by atoms with E-state index < -0.39 is 10.0 Å². The molecule has 1 heterocycles. The molecule has 2 N–H and O–H groups in total. The van der Waals surface area contributed by atoms with Gasteiger partial charge < -0.3 is 5.73 Å². The number of carbonyl (C=O) groups is 1. The maximum Gasteiger partial charge on any atom is 0.265 e. The molecule has 2 aromatic rings. The predicted octanol–water partition coefficient (Wildman–Crippen LogP) is 2.70. The molecule has 1 aliphatic rings. The second-order valence-electron chi connectivity index (χ2n) is 5.93. The minimum Gasteiger partial charge on any atom is -0.370 e. The summed E-state index contributed by atoms with van der Waals surface area (Å²) < 4.78 is 27.1. The van der Waals surface area contributed by atoms with Gasteiger partial charge in [0.05, 0.1) is 10.6 Å². The lowest BCUT2D eigenvalue weighted by atomic mass is 10.0. The number of carbonyl (C=O) groups excluding carboxylic acids is 1. The van der Waals surface area contributed by atoms with E-state index in [1.807, 2.05) is 25.1 Å². The summed E-state index contributed by atoms with van der Waals surface area (Å²) >= 11 is 0. The van der Waals surface area contributed by atoms with E-state index in [0.29, 0.717) is 30.7 Å². The molecule has 0 radical (unpaired) electrons. The molecule has 0 saturated heterocycles. The highest BCUT2D eigenvalue weighted by Crippen LogP contribution is 2.43. The van der Waals surface area contributed by atoms with Crippen LogP contribution in [0.4, 0.5) is 5.69 Å². The molecule has 1 amide bonds. The number of nitrogens with zero attached hydrogens (tertiary/aromatic N) is 1. The molecule has 0 atom stereocenters. The summed E-state index contributed by atoms with van der Waals surface area (Å²) in [6.45, 7) is 2.41. The minimum atomic E-state index is -3.48. The van der Waals surface area contributed by atoms with Crippen LogP contribution in [-0.4, -0.2) is 20.9 Å². The van der Waals surface area contributed by atoms with Crippen LogP contribution >= 0.6 is 0 Å². The number of hydrogen-bond acceptors (Lipinski definition) is 3. The van der Waals surface area contributed by atoms with E-state index in [1.54, 1.807) is 12.1 Å². The molecular formula is C17H20N2O3S. The maximum absolute atomic E-state index is 12.8. The third-order valence-corrected chi connectivity index (χ3v) is 6.18. The van der Waals surface area contributed by atoms with Crippen LogP contribution in [0.15, 0.2) is 35.2 Å². The van der Waals surface area contributed by atoms with Gasteiger partial charge in [-0.25, -0.2) is 8.42 Å². The smallest absolute Gasteiger partial charge is 0.265 e. The molecule has 5 nitrogen and oxygen atoms in total. The molecule has 3 rings (SSSR count). The zero-order valence-electron chi connectivity index (χ0n) is 13.1. The van der Waals surface area contributed by atoms with Crippen molar-refractivity contribution in [1.82, 2.24) is 0 Å². The van der Waals surface area contributed by atoms with Gasteiger partial charge in [0.1, 0.15) is 0 Å². The number of amides is 1. The average molecular weight is 332 g/mol. The van der Waals surface area contributed by atoms with Crippen molar-refractivity contribution in [1.29, 1.82) is 0 Å². The molecule has 0 aromatic heterocycles. The Bertz CT molecular complexity index is 875. The molecule has 2 aromatic carbocycles. The summed E-state index contributed by atoms with van der Waals surface area (Å²) in [6, 6.07) is 9.27. The van der Waals surface area contributed by atoms with Crippen LogP contribution in [0.1, 0.15) is 31.2 Å². The number of hydrogen-bond donors (Lipinski definition) is 1. The average Bonchev–Trinajstić information content (AvgIpc) is 2.72. The zero-order valence-corrected chi connectivity index (χ0v) is 13.9. The lowest BCUT2D eigenvalue weighted by Crippen LogP contribution is -2.28. The predicted molar refractivity (Wildman–Crippen MR) is 90.9 cm³/mol. The first-order valence-corrected chi connectivity index (χ1v) is 9.20. The van der Waals surface area contributed by atoms with Crippen molar-refractivity contribution in [3.05, 3.63) is 35.9 Å². The number of primary amides is 1. The Morgan fingerprint density at radius 2 is 1.91 bits per heavy atom. The fourth-order valence-corrected chi connectivity index (χ4v) is 4.89. The summed E-state index contributed by atoms with van der Waals surface area (Å²) in [5.74, 6) is -0.313. The molecule has 0 aliphatic carbocycles. The third-order valence-electron chi connectivity index (χ3n) is 4.32. The molecule has 0 spiro atoms. The topological polar surface area (TPSA) is 80.5 Å². The Kier molecular flexibility index (Phi) is 4.02. The Morgan fingerprint density at radius 3 is 2.65 bits per heavy atom. The van der Waals surface area contributed by atoms with Gasteiger partial charge in [0.15, 0.2) is 0 Å². The van der Waals surface area contributed by atoms with E-state index in [1.165, 1.54) is 4.31 Å². The Hall–Kier alpha value is -2.08. The van der Waals surface area contributed by atoms with Gasteiger partial charge in [0.2, 0.25) is 5.91 Å². The number of nitrogens with two attached hydrogens (primary N) is 1. The second-order valence-corrected chi connectivity index (χ2v) is 7.77. The highest BCUT2D eigenvalue weighted by Gasteiger charge is 2.35.